The Kier molecular flexibility index (Phi) is 5.10. The number of hydrogen-bond acceptors (Lipinski definition) is 4. The van der Waals surface area contributed by atoms with Crippen LogP contribution in [0, 0.1) is 11.3 Å². The molecular weight excluding hydrogens is 252 g/mol. The van der Waals surface area contributed by atoms with E-state index in [2.05, 4.69) is 16.3 Å². The number of anilines is 1. The van der Waals surface area contributed by atoms with Crippen molar-refractivity contribution in [1.29, 1.82) is 5.26 Å². The van der Waals surface area contributed by atoms with E-state index in [1.165, 1.54) is 0 Å². The maximum Gasteiger partial charge on any atom is 0.242 e. The third-order valence-electron chi connectivity index (χ3n) is 3.64. The molecule has 5 heteroatoms. The Balaban J connectivity index is 2.02. The van der Waals surface area contributed by atoms with E-state index in [4.69, 9.17) is 5.26 Å². The number of carbonyl (C=O) groups is 1. The third kappa shape index (κ3) is 3.56. The zero-order chi connectivity index (χ0) is 14.4. The first-order valence-electron chi connectivity index (χ1n) is 6.85. The molecule has 0 aromatic heterocycles. The Morgan fingerprint density at radius 1 is 1.45 bits per heavy atom. The number of nitrogens with zero attached hydrogens (tertiary/aromatic N) is 3. The van der Waals surface area contributed by atoms with Crippen molar-refractivity contribution < 1.29 is 4.79 Å². The highest BCUT2D eigenvalue weighted by Crippen LogP contribution is 2.14. The molecule has 2 rings (SSSR count). The van der Waals surface area contributed by atoms with Crippen molar-refractivity contribution in [3.05, 3.63) is 30.3 Å². The van der Waals surface area contributed by atoms with Gasteiger partial charge in [0.1, 0.15) is 6.54 Å². The summed E-state index contributed by atoms with van der Waals surface area (Å²) in [5, 5.41) is 12.2. The van der Waals surface area contributed by atoms with Crippen LogP contribution in [0.2, 0.25) is 0 Å². The van der Waals surface area contributed by atoms with Crippen molar-refractivity contribution >= 4 is 11.6 Å². The normalized spacial score (nSPS) is 17.9. The van der Waals surface area contributed by atoms with Gasteiger partial charge in [0.05, 0.1) is 12.6 Å². The number of carbonyl (C=O) groups excluding carboxylic acids is 1. The molecule has 1 aromatic carbocycles. The van der Waals surface area contributed by atoms with E-state index >= 15 is 0 Å². The van der Waals surface area contributed by atoms with E-state index < -0.39 is 0 Å². The topological polar surface area (TPSA) is 59.4 Å². The van der Waals surface area contributed by atoms with Crippen LogP contribution in [0.1, 0.15) is 6.42 Å². The fourth-order valence-electron chi connectivity index (χ4n) is 2.45. The Bertz CT molecular complexity index is 476. The number of rotatable bonds is 5. The molecule has 1 aromatic rings. The minimum Gasteiger partial charge on any atom is -0.315 e. The molecule has 0 saturated carbocycles. The molecule has 0 spiro atoms. The lowest BCUT2D eigenvalue weighted by Gasteiger charge is -2.26. The summed E-state index contributed by atoms with van der Waals surface area (Å²) in [5.41, 5.74) is 0.775. The molecule has 1 aliphatic rings. The first kappa shape index (κ1) is 14.5. The predicted octanol–water partition coefficient (Wildman–Crippen LogP) is 0.837. The van der Waals surface area contributed by atoms with Crippen LogP contribution < -0.4 is 10.2 Å². The van der Waals surface area contributed by atoms with Crippen LogP contribution in [-0.2, 0) is 4.79 Å². The van der Waals surface area contributed by atoms with Crippen molar-refractivity contribution in [2.75, 3.05) is 38.1 Å². The van der Waals surface area contributed by atoms with Gasteiger partial charge in [0.15, 0.2) is 0 Å². The molecule has 0 bridgehead atoms. The highest BCUT2D eigenvalue weighted by molar-refractivity contribution is 5.95. The van der Waals surface area contributed by atoms with Gasteiger partial charge >= 0.3 is 0 Å². The second kappa shape index (κ2) is 7.04. The van der Waals surface area contributed by atoms with Crippen LogP contribution in [-0.4, -0.2) is 50.1 Å². The number of hydrogen-bond donors (Lipinski definition) is 1. The summed E-state index contributed by atoms with van der Waals surface area (Å²) in [6, 6.07) is 11.8. The quantitative estimate of drug-likeness (QED) is 0.807. The molecule has 1 atom stereocenters. The van der Waals surface area contributed by atoms with Gasteiger partial charge in [0, 0.05) is 18.3 Å². The van der Waals surface area contributed by atoms with Gasteiger partial charge in [-0.05, 0) is 32.1 Å². The summed E-state index contributed by atoms with van der Waals surface area (Å²) >= 11 is 0. The maximum atomic E-state index is 12.4. The average Bonchev–Trinajstić information content (AvgIpc) is 2.99. The molecule has 1 heterocycles. The minimum absolute atomic E-state index is 0.0350. The molecule has 1 saturated heterocycles. The molecule has 106 valence electrons. The second-order valence-electron chi connectivity index (χ2n) is 5.04. The Morgan fingerprint density at radius 3 is 2.80 bits per heavy atom. The Hall–Kier alpha value is -1.90. The lowest BCUT2D eigenvalue weighted by Crippen LogP contribution is -2.43. The molecule has 1 N–H and O–H groups in total. The SMILES string of the molecule is CN(CC(=O)N(CC#N)c1ccccc1)C1CCNC1. The Labute approximate surface area is 119 Å². The van der Waals surface area contributed by atoms with Gasteiger partial charge in [-0.3, -0.25) is 14.6 Å². The molecule has 1 fully saturated rings. The van der Waals surface area contributed by atoms with Gasteiger partial charge in [0.2, 0.25) is 5.91 Å². The fourth-order valence-corrected chi connectivity index (χ4v) is 2.45. The van der Waals surface area contributed by atoms with Crippen molar-refractivity contribution in [3.8, 4) is 6.07 Å². The number of nitriles is 1. The molecule has 5 nitrogen and oxygen atoms in total. The molecule has 0 aliphatic carbocycles. The molecule has 20 heavy (non-hydrogen) atoms. The first-order valence-corrected chi connectivity index (χ1v) is 6.85. The van der Waals surface area contributed by atoms with Crippen LogP contribution in [0.15, 0.2) is 30.3 Å². The summed E-state index contributed by atoms with van der Waals surface area (Å²) in [6.07, 6.45) is 1.06. The standard InChI is InChI=1S/C15H20N4O/c1-18(14-7-9-17-11-14)12-15(20)19(10-8-16)13-5-3-2-4-6-13/h2-6,14,17H,7,9-12H2,1H3. The largest absolute Gasteiger partial charge is 0.315 e. The van der Waals surface area contributed by atoms with Gasteiger partial charge in [0.25, 0.3) is 0 Å². The van der Waals surface area contributed by atoms with E-state index in [-0.39, 0.29) is 12.5 Å². The van der Waals surface area contributed by atoms with Crippen LogP contribution in [0.3, 0.4) is 0 Å². The van der Waals surface area contributed by atoms with Gasteiger partial charge in [-0.1, -0.05) is 18.2 Å². The van der Waals surface area contributed by atoms with Crippen molar-refractivity contribution in [2.24, 2.45) is 0 Å². The Morgan fingerprint density at radius 2 is 2.20 bits per heavy atom. The summed E-state index contributed by atoms with van der Waals surface area (Å²) < 4.78 is 0. The van der Waals surface area contributed by atoms with Crippen molar-refractivity contribution in [2.45, 2.75) is 12.5 Å². The lowest BCUT2D eigenvalue weighted by molar-refractivity contribution is -0.119. The number of benzene rings is 1. The zero-order valence-corrected chi connectivity index (χ0v) is 11.7. The summed E-state index contributed by atoms with van der Waals surface area (Å²) in [6.45, 7) is 2.35. The first-order chi connectivity index (χ1) is 9.72. The van der Waals surface area contributed by atoms with Gasteiger partial charge in [-0.15, -0.1) is 0 Å². The number of amides is 1. The van der Waals surface area contributed by atoms with Crippen LogP contribution in [0.25, 0.3) is 0 Å². The zero-order valence-electron chi connectivity index (χ0n) is 11.7. The lowest BCUT2D eigenvalue weighted by atomic mass is 10.2. The van der Waals surface area contributed by atoms with E-state index in [0.29, 0.717) is 12.6 Å². The summed E-state index contributed by atoms with van der Waals surface area (Å²) in [4.78, 5) is 16.0. The van der Waals surface area contributed by atoms with Gasteiger partial charge in [-0.2, -0.15) is 5.26 Å². The van der Waals surface area contributed by atoms with Crippen LogP contribution in [0.4, 0.5) is 5.69 Å². The second-order valence-corrected chi connectivity index (χ2v) is 5.04. The molecule has 1 aliphatic heterocycles. The van der Waals surface area contributed by atoms with Gasteiger partial charge in [-0.25, -0.2) is 0 Å². The molecule has 1 unspecified atom stereocenters. The van der Waals surface area contributed by atoms with Crippen LogP contribution >= 0.6 is 0 Å². The van der Waals surface area contributed by atoms with E-state index in [9.17, 15) is 4.79 Å². The van der Waals surface area contributed by atoms with Crippen molar-refractivity contribution in [3.63, 3.8) is 0 Å². The molecule has 0 radical (unpaired) electrons. The fraction of sp³-hybridized carbons (Fsp3) is 0.467. The van der Waals surface area contributed by atoms with E-state index in [1.807, 2.05) is 37.4 Å². The number of nitrogens with one attached hydrogen (secondary N) is 1. The minimum atomic E-state index is -0.0350. The maximum absolute atomic E-state index is 12.4. The predicted molar refractivity (Wildman–Crippen MR) is 78.3 cm³/mol. The number of para-hydroxylation sites is 1. The third-order valence-corrected chi connectivity index (χ3v) is 3.64. The molecular formula is C15H20N4O. The van der Waals surface area contributed by atoms with Crippen molar-refractivity contribution in [1.82, 2.24) is 10.2 Å². The monoisotopic (exact) mass is 272 g/mol. The van der Waals surface area contributed by atoms with Gasteiger partial charge < -0.3 is 5.32 Å². The van der Waals surface area contributed by atoms with E-state index in [1.54, 1.807) is 4.90 Å². The molecule has 1 amide bonds. The summed E-state index contributed by atoms with van der Waals surface area (Å²) in [5.74, 6) is -0.0350. The highest BCUT2D eigenvalue weighted by atomic mass is 16.2. The number of likely N-dealkylation sites (N-methyl/N-ethyl adjacent to an activating group) is 1. The summed E-state index contributed by atoms with van der Waals surface area (Å²) in [7, 11) is 1.96. The van der Waals surface area contributed by atoms with E-state index in [0.717, 1.165) is 25.2 Å². The highest BCUT2D eigenvalue weighted by Gasteiger charge is 2.23. The van der Waals surface area contributed by atoms with Crippen LogP contribution in [0.5, 0.6) is 0 Å². The smallest absolute Gasteiger partial charge is 0.242 e. The average molecular weight is 272 g/mol.